The van der Waals surface area contributed by atoms with Gasteiger partial charge in [0.2, 0.25) is 5.89 Å². The second-order valence-corrected chi connectivity index (χ2v) is 4.37. The molecule has 0 saturated carbocycles. The molecule has 0 radical (unpaired) electrons. The number of alkyl halides is 1. The summed E-state index contributed by atoms with van der Waals surface area (Å²) in [5.74, 6) is 2.35. The number of rotatable bonds is 4. The minimum Gasteiger partial charge on any atom is -0.493 e. The highest BCUT2D eigenvalue weighted by Gasteiger charge is 2.16. The predicted octanol–water partition coefficient (Wildman–Crippen LogP) is 3.66. The highest BCUT2D eigenvalue weighted by atomic mass is 35.5. The van der Waals surface area contributed by atoms with Crippen LogP contribution in [0.3, 0.4) is 0 Å². The summed E-state index contributed by atoms with van der Waals surface area (Å²) < 4.78 is 16.2. The Balaban J connectivity index is 2.49. The summed E-state index contributed by atoms with van der Waals surface area (Å²) in [7, 11) is 3.18. The van der Waals surface area contributed by atoms with E-state index >= 15 is 0 Å². The van der Waals surface area contributed by atoms with Gasteiger partial charge in [0.1, 0.15) is 5.38 Å². The average Bonchev–Trinajstić information content (AvgIpc) is 2.87. The maximum Gasteiger partial charge on any atom is 0.212 e. The second kappa shape index (κ2) is 5.31. The lowest BCUT2D eigenvalue weighted by Crippen LogP contribution is -1.92. The number of methoxy groups -OCH3 is 2. The van der Waals surface area contributed by atoms with Crippen LogP contribution >= 0.6 is 11.6 Å². The zero-order valence-corrected chi connectivity index (χ0v) is 11.2. The molecule has 0 saturated heterocycles. The van der Waals surface area contributed by atoms with Crippen molar-refractivity contribution in [1.82, 2.24) is 4.98 Å². The van der Waals surface area contributed by atoms with E-state index in [9.17, 15) is 0 Å². The molecule has 0 aliphatic carbocycles. The van der Waals surface area contributed by atoms with E-state index in [1.54, 1.807) is 27.3 Å². The molecular weight excluding hydrogens is 254 g/mol. The molecule has 4 nitrogen and oxygen atoms in total. The first kappa shape index (κ1) is 12.8. The van der Waals surface area contributed by atoms with Crippen LogP contribution in [0.4, 0.5) is 0 Å². The van der Waals surface area contributed by atoms with Crippen LogP contribution in [0.2, 0.25) is 0 Å². The number of aromatic nitrogens is 1. The lowest BCUT2D eigenvalue weighted by atomic mass is 10.1. The highest BCUT2D eigenvalue weighted by Crippen LogP contribution is 2.38. The smallest absolute Gasteiger partial charge is 0.212 e. The maximum absolute atomic E-state index is 5.92. The average molecular weight is 268 g/mol. The van der Waals surface area contributed by atoms with E-state index < -0.39 is 0 Å². The molecular formula is C13H14ClNO3. The quantitative estimate of drug-likeness (QED) is 0.793. The molecule has 1 unspecified atom stereocenters. The van der Waals surface area contributed by atoms with Crippen molar-refractivity contribution in [3.05, 3.63) is 30.3 Å². The first-order valence-electron chi connectivity index (χ1n) is 5.48. The van der Waals surface area contributed by atoms with Gasteiger partial charge in [-0.3, -0.25) is 0 Å². The van der Waals surface area contributed by atoms with Crippen molar-refractivity contribution in [3.8, 4) is 22.8 Å². The third-order valence-corrected chi connectivity index (χ3v) is 2.72. The van der Waals surface area contributed by atoms with E-state index in [1.165, 1.54) is 0 Å². The number of halogens is 1. The van der Waals surface area contributed by atoms with Gasteiger partial charge in [-0.2, -0.15) is 0 Å². The molecule has 1 heterocycles. The number of ether oxygens (including phenoxy) is 2. The van der Waals surface area contributed by atoms with Crippen molar-refractivity contribution in [2.75, 3.05) is 14.2 Å². The first-order valence-corrected chi connectivity index (χ1v) is 5.92. The van der Waals surface area contributed by atoms with Crippen molar-refractivity contribution in [1.29, 1.82) is 0 Å². The maximum atomic E-state index is 5.92. The number of benzene rings is 1. The Hall–Kier alpha value is -1.68. The highest BCUT2D eigenvalue weighted by molar-refractivity contribution is 6.20. The largest absolute Gasteiger partial charge is 0.493 e. The molecule has 1 atom stereocenters. The third kappa shape index (κ3) is 2.29. The number of nitrogens with zero attached hydrogens (tertiary/aromatic N) is 1. The molecule has 0 aliphatic rings. The number of hydrogen-bond donors (Lipinski definition) is 0. The summed E-state index contributed by atoms with van der Waals surface area (Å²) >= 11 is 5.92. The minimum absolute atomic E-state index is 0.268. The summed E-state index contributed by atoms with van der Waals surface area (Å²) in [6.45, 7) is 1.81. The summed E-state index contributed by atoms with van der Waals surface area (Å²) in [6.07, 6.45) is 1.63. The van der Waals surface area contributed by atoms with Gasteiger partial charge in [0.15, 0.2) is 17.3 Å². The molecule has 18 heavy (non-hydrogen) atoms. The number of oxazole rings is 1. The fourth-order valence-corrected chi connectivity index (χ4v) is 1.78. The fraction of sp³-hybridized carbons (Fsp3) is 0.308. The number of hydrogen-bond acceptors (Lipinski definition) is 4. The van der Waals surface area contributed by atoms with Gasteiger partial charge in [-0.25, -0.2) is 4.98 Å². The van der Waals surface area contributed by atoms with Crippen LogP contribution in [0.25, 0.3) is 11.3 Å². The lowest BCUT2D eigenvalue weighted by Gasteiger charge is -2.10. The lowest BCUT2D eigenvalue weighted by molar-refractivity contribution is 0.355. The Morgan fingerprint density at radius 2 is 2.06 bits per heavy atom. The molecule has 5 heteroatoms. The van der Waals surface area contributed by atoms with Crippen LogP contribution in [-0.4, -0.2) is 19.2 Å². The molecule has 0 bridgehead atoms. The summed E-state index contributed by atoms with van der Waals surface area (Å²) in [4.78, 5) is 4.13. The molecule has 0 amide bonds. The van der Waals surface area contributed by atoms with E-state index in [0.29, 0.717) is 23.1 Å². The van der Waals surface area contributed by atoms with Crippen molar-refractivity contribution >= 4 is 11.6 Å². The predicted molar refractivity (Wildman–Crippen MR) is 69.3 cm³/mol. The zero-order valence-electron chi connectivity index (χ0n) is 10.4. The molecule has 1 aromatic heterocycles. The van der Waals surface area contributed by atoms with Crippen LogP contribution in [-0.2, 0) is 0 Å². The van der Waals surface area contributed by atoms with Gasteiger partial charge in [0.25, 0.3) is 0 Å². The Morgan fingerprint density at radius 1 is 1.28 bits per heavy atom. The molecule has 2 aromatic rings. The number of para-hydroxylation sites is 1. The summed E-state index contributed by atoms with van der Waals surface area (Å²) in [5, 5.41) is -0.268. The van der Waals surface area contributed by atoms with E-state index in [-0.39, 0.29) is 5.38 Å². The Morgan fingerprint density at radius 3 is 2.61 bits per heavy atom. The Bertz CT molecular complexity index is 537. The van der Waals surface area contributed by atoms with Crippen LogP contribution in [0, 0.1) is 0 Å². The van der Waals surface area contributed by atoms with E-state index in [4.69, 9.17) is 25.5 Å². The van der Waals surface area contributed by atoms with Gasteiger partial charge in [-0.1, -0.05) is 6.07 Å². The van der Waals surface area contributed by atoms with Crippen molar-refractivity contribution in [3.63, 3.8) is 0 Å². The minimum atomic E-state index is -0.268. The van der Waals surface area contributed by atoms with Gasteiger partial charge in [0, 0.05) is 0 Å². The first-order chi connectivity index (χ1) is 8.67. The van der Waals surface area contributed by atoms with Crippen molar-refractivity contribution < 1.29 is 13.9 Å². The van der Waals surface area contributed by atoms with Crippen LogP contribution in [0.15, 0.2) is 28.8 Å². The molecule has 96 valence electrons. The molecule has 0 aliphatic heterocycles. The van der Waals surface area contributed by atoms with Gasteiger partial charge < -0.3 is 13.9 Å². The van der Waals surface area contributed by atoms with E-state index in [2.05, 4.69) is 4.98 Å². The topological polar surface area (TPSA) is 44.5 Å². The summed E-state index contributed by atoms with van der Waals surface area (Å²) in [5.41, 5.74) is 0.785. The van der Waals surface area contributed by atoms with Crippen molar-refractivity contribution in [2.24, 2.45) is 0 Å². The van der Waals surface area contributed by atoms with E-state index in [1.807, 2.05) is 18.2 Å². The standard InChI is InChI=1S/C13H14ClNO3/c1-8(14)13-15-7-11(18-13)9-5-4-6-10(16-2)12(9)17-3/h4-8H,1-3H3. The van der Waals surface area contributed by atoms with Crippen LogP contribution in [0.1, 0.15) is 18.2 Å². The van der Waals surface area contributed by atoms with Gasteiger partial charge in [-0.15, -0.1) is 11.6 Å². The van der Waals surface area contributed by atoms with E-state index in [0.717, 1.165) is 5.56 Å². The Labute approximate surface area is 110 Å². The zero-order chi connectivity index (χ0) is 13.1. The molecule has 0 spiro atoms. The molecule has 0 N–H and O–H groups in total. The fourth-order valence-electron chi connectivity index (χ4n) is 1.68. The van der Waals surface area contributed by atoms with Crippen LogP contribution in [0.5, 0.6) is 11.5 Å². The van der Waals surface area contributed by atoms with Gasteiger partial charge in [-0.05, 0) is 19.1 Å². The SMILES string of the molecule is COc1cccc(-c2cnc(C(C)Cl)o2)c1OC. The molecule has 1 aromatic carbocycles. The van der Waals surface area contributed by atoms with Gasteiger partial charge >= 0.3 is 0 Å². The normalized spacial score (nSPS) is 12.2. The third-order valence-electron chi connectivity index (χ3n) is 2.53. The summed E-state index contributed by atoms with van der Waals surface area (Å²) in [6, 6.07) is 5.57. The van der Waals surface area contributed by atoms with Crippen LogP contribution < -0.4 is 9.47 Å². The van der Waals surface area contributed by atoms with Crippen molar-refractivity contribution in [2.45, 2.75) is 12.3 Å². The molecule has 0 fully saturated rings. The second-order valence-electron chi connectivity index (χ2n) is 3.72. The van der Waals surface area contributed by atoms with Gasteiger partial charge in [0.05, 0.1) is 26.0 Å². The monoisotopic (exact) mass is 267 g/mol. The molecule has 2 rings (SSSR count). The Kier molecular flexibility index (Phi) is 3.77.